The lowest BCUT2D eigenvalue weighted by Gasteiger charge is -2.28. The van der Waals surface area contributed by atoms with Crippen LogP contribution in [0, 0.1) is 0 Å². The quantitative estimate of drug-likeness (QED) is 0.930. The highest BCUT2D eigenvalue weighted by Gasteiger charge is 2.30. The van der Waals surface area contributed by atoms with E-state index in [4.69, 9.17) is 4.42 Å². The number of hydrogen-bond donors (Lipinski definition) is 1. The van der Waals surface area contributed by atoms with E-state index >= 15 is 0 Å². The number of nitrogens with zero attached hydrogens (tertiary/aromatic N) is 1. The number of pyridine rings is 1. The molecule has 0 spiro atoms. The van der Waals surface area contributed by atoms with E-state index in [0.717, 1.165) is 37.1 Å². The molecular weight excluding hydrogens is 304 g/mol. The molecule has 0 radical (unpaired) electrons. The van der Waals surface area contributed by atoms with Crippen LogP contribution in [0.1, 0.15) is 73.3 Å². The van der Waals surface area contributed by atoms with Crippen molar-refractivity contribution < 1.29 is 9.21 Å². The molecule has 24 heavy (non-hydrogen) atoms. The highest BCUT2D eigenvalue weighted by molar-refractivity contribution is 5.94. The molecule has 128 valence electrons. The van der Waals surface area contributed by atoms with Gasteiger partial charge in [0, 0.05) is 12.2 Å². The predicted molar refractivity (Wildman–Crippen MR) is 92.1 cm³/mol. The molecule has 3 heterocycles. The molecule has 0 bridgehead atoms. The highest BCUT2D eigenvalue weighted by atomic mass is 16.3. The molecule has 1 aliphatic rings. The van der Waals surface area contributed by atoms with E-state index in [1.54, 1.807) is 17.2 Å². The van der Waals surface area contributed by atoms with Crippen LogP contribution in [0.4, 0.5) is 0 Å². The lowest BCUT2D eigenvalue weighted by Crippen LogP contribution is -2.37. The van der Waals surface area contributed by atoms with E-state index in [-0.39, 0.29) is 29.0 Å². The van der Waals surface area contributed by atoms with Crippen LogP contribution >= 0.6 is 0 Å². The second kappa shape index (κ2) is 7.07. The maximum Gasteiger partial charge on any atom is 0.261 e. The van der Waals surface area contributed by atoms with E-state index in [1.807, 2.05) is 32.0 Å². The first-order valence-corrected chi connectivity index (χ1v) is 8.65. The summed E-state index contributed by atoms with van der Waals surface area (Å²) < 4.78 is 5.55. The number of nitrogens with one attached hydrogen (secondary N) is 1. The van der Waals surface area contributed by atoms with Gasteiger partial charge in [0.2, 0.25) is 0 Å². The van der Waals surface area contributed by atoms with Crippen LogP contribution < -0.4 is 5.56 Å². The molecule has 1 fully saturated rings. The molecule has 1 saturated heterocycles. The van der Waals surface area contributed by atoms with Crippen LogP contribution in [0.25, 0.3) is 0 Å². The number of carbonyl (C=O) groups is 1. The number of carbonyl (C=O) groups excluding carboxylic acids is 1. The molecule has 0 saturated carbocycles. The topological polar surface area (TPSA) is 66.3 Å². The maximum absolute atomic E-state index is 13.0. The van der Waals surface area contributed by atoms with Crippen LogP contribution in [0.15, 0.2) is 39.7 Å². The summed E-state index contributed by atoms with van der Waals surface area (Å²) in [6.07, 6.45) is 5.58. The van der Waals surface area contributed by atoms with E-state index in [2.05, 4.69) is 4.98 Å². The van der Waals surface area contributed by atoms with E-state index in [1.165, 1.54) is 0 Å². The van der Waals surface area contributed by atoms with Crippen LogP contribution in [0.3, 0.4) is 0 Å². The third-order valence-corrected chi connectivity index (χ3v) is 4.67. The number of likely N-dealkylation sites (tertiary alicyclic amines) is 1. The number of furan rings is 1. The van der Waals surface area contributed by atoms with Gasteiger partial charge >= 0.3 is 0 Å². The Kier molecular flexibility index (Phi) is 4.88. The fourth-order valence-corrected chi connectivity index (χ4v) is 3.28. The van der Waals surface area contributed by atoms with Gasteiger partial charge < -0.3 is 14.3 Å². The number of amides is 1. The van der Waals surface area contributed by atoms with Gasteiger partial charge in [-0.2, -0.15) is 0 Å². The first-order chi connectivity index (χ1) is 11.6. The summed E-state index contributed by atoms with van der Waals surface area (Å²) in [5.74, 6) is 0.797. The monoisotopic (exact) mass is 328 g/mol. The Bertz CT molecular complexity index is 746. The molecule has 5 heteroatoms. The van der Waals surface area contributed by atoms with Crippen molar-refractivity contribution >= 4 is 5.91 Å². The number of hydrogen-bond acceptors (Lipinski definition) is 3. The summed E-state index contributed by atoms with van der Waals surface area (Å²) in [6.45, 7) is 4.67. The molecule has 0 unspecified atom stereocenters. The third kappa shape index (κ3) is 3.30. The van der Waals surface area contributed by atoms with Crippen molar-refractivity contribution in [3.63, 3.8) is 0 Å². The first kappa shape index (κ1) is 16.6. The molecule has 0 aliphatic carbocycles. The predicted octanol–water partition coefficient (Wildman–Crippen LogP) is 3.85. The van der Waals surface area contributed by atoms with Gasteiger partial charge in [-0.3, -0.25) is 9.59 Å². The summed E-state index contributed by atoms with van der Waals surface area (Å²) in [5, 5.41) is 0. The average Bonchev–Trinajstić information content (AvgIpc) is 2.98. The van der Waals surface area contributed by atoms with Crippen molar-refractivity contribution in [3.8, 4) is 0 Å². The van der Waals surface area contributed by atoms with Crippen molar-refractivity contribution in [3.05, 3.63) is 57.9 Å². The Morgan fingerprint density at radius 3 is 2.75 bits per heavy atom. The SMILES string of the molecule is CC(C)c1ccc(C(=O)N2CCCCC[C@@H]2c2ccco2)c(=O)[nH]1. The molecule has 3 rings (SSSR count). The summed E-state index contributed by atoms with van der Waals surface area (Å²) >= 11 is 0. The van der Waals surface area contributed by atoms with E-state index in [0.29, 0.717) is 6.54 Å². The number of rotatable bonds is 3. The average molecular weight is 328 g/mol. The zero-order valence-electron chi connectivity index (χ0n) is 14.2. The van der Waals surface area contributed by atoms with Gasteiger partial charge in [0.05, 0.1) is 12.3 Å². The Hall–Kier alpha value is -2.30. The second-order valence-electron chi connectivity index (χ2n) is 6.69. The minimum Gasteiger partial charge on any atom is -0.467 e. The van der Waals surface area contributed by atoms with Gasteiger partial charge in [-0.15, -0.1) is 0 Å². The van der Waals surface area contributed by atoms with Crippen LogP contribution in [0.2, 0.25) is 0 Å². The zero-order chi connectivity index (χ0) is 17.1. The summed E-state index contributed by atoms with van der Waals surface area (Å²) in [5.41, 5.74) is 0.737. The van der Waals surface area contributed by atoms with Gasteiger partial charge in [-0.05, 0) is 43.0 Å². The van der Waals surface area contributed by atoms with E-state index in [9.17, 15) is 9.59 Å². The van der Waals surface area contributed by atoms with Crippen molar-refractivity contribution in [1.82, 2.24) is 9.88 Å². The number of H-pyrrole nitrogens is 1. The first-order valence-electron chi connectivity index (χ1n) is 8.65. The van der Waals surface area contributed by atoms with Gasteiger partial charge in [-0.1, -0.05) is 26.7 Å². The summed E-state index contributed by atoms with van der Waals surface area (Å²) in [7, 11) is 0. The lowest BCUT2D eigenvalue weighted by atomic mass is 10.1. The van der Waals surface area contributed by atoms with Crippen LogP contribution in [-0.2, 0) is 0 Å². The normalized spacial score (nSPS) is 18.6. The molecule has 0 aromatic carbocycles. The zero-order valence-corrected chi connectivity index (χ0v) is 14.2. The standard InChI is InChI=1S/C19H24N2O3/c1-13(2)15-10-9-14(18(22)20-15)19(23)21-11-5-3-4-7-16(21)17-8-6-12-24-17/h6,8-10,12-13,16H,3-5,7,11H2,1-2H3,(H,20,22)/t16-/m1/s1. The Morgan fingerprint density at radius 1 is 1.25 bits per heavy atom. The molecule has 1 amide bonds. The fraction of sp³-hybridized carbons (Fsp3) is 0.474. The Labute approximate surface area is 141 Å². The minimum absolute atomic E-state index is 0.0980. The lowest BCUT2D eigenvalue weighted by molar-refractivity contribution is 0.0656. The molecule has 1 N–H and O–H groups in total. The number of aromatic amines is 1. The van der Waals surface area contributed by atoms with Crippen LogP contribution in [0.5, 0.6) is 0 Å². The second-order valence-corrected chi connectivity index (χ2v) is 6.69. The van der Waals surface area contributed by atoms with Gasteiger partial charge in [-0.25, -0.2) is 0 Å². The largest absolute Gasteiger partial charge is 0.467 e. The molecular formula is C19H24N2O3. The Morgan fingerprint density at radius 2 is 2.08 bits per heavy atom. The summed E-state index contributed by atoms with van der Waals surface area (Å²) in [6, 6.07) is 7.13. The molecule has 1 aliphatic heterocycles. The van der Waals surface area contributed by atoms with Crippen molar-refractivity contribution in [2.45, 2.75) is 51.5 Å². The molecule has 5 nitrogen and oxygen atoms in total. The number of aromatic nitrogens is 1. The van der Waals surface area contributed by atoms with Crippen LogP contribution in [-0.4, -0.2) is 22.3 Å². The summed E-state index contributed by atoms with van der Waals surface area (Å²) in [4.78, 5) is 30.0. The molecule has 2 aromatic heterocycles. The third-order valence-electron chi connectivity index (χ3n) is 4.67. The fourth-order valence-electron chi connectivity index (χ4n) is 3.28. The minimum atomic E-state index is -0.311. The maximum atomic E-state index is 13.0. The van der Waals surface area contributed by atoms with Crippen molar-refractivity contribution in [1.29, 1.82) is 0 Å². The van der Waals surface area contributed by atoms with Gasteiger partial charge in [0.25, 0.3) is 11.5 Å². The van der Waals surface area contributed by atoms with Crippen molar-refractivity contribution in [2.24, 2.45) is 0 Å². The van der Waals surface area contributed by atoms with E-state index < -0.39 is 0 Å². The van der Waals surface area contributed by atoms with Crippen molar-refractivity contribution in [2.75, 3.05) is 6.54 Å². The van der Waals surface area contributed by atoms with Gasteiger partial charge in [0.15, 0.2) is 0 Å². The molecule has 1 atom stereocenters. The Balaban J connectivity index is 1.93. The van der Waals surface area contributed by atoms with Gasteiger partial charge in [0.1, 0.15) is 11.3 Å². The smallest absolute Gasteiger partial charge is 0.261 e. The molecule has 2 aromatic rings. The highest BCUT2D eigenvalue weighted by Crippen LogP contribution is 2.31.